The molecule has 1 amide bonds. The van der Waals surface area contributed by atoms with Gasteiger partial charge in [-0.2, -0.15) is 5.10 Å². The molecule has 26 heavy (non-hydrogen) atoms. The number of aromatic nitrogens is 3. The minimum atomic E-state index is 0.0209. The average molecular weight is 369 g/mol. The number of carbonyl (C=O) groups excluding carboxylic acids is 1. The van der Waals surface area contributed by atoms with E-state index in [0.717, 1.165) is 30.3 Å². The number of rotatable bonds is 3. The van der Waals surface area contributed by atoms with Gasteiger partial charge in [-0.25, -0.2) is 4.98 Å². The number of nitrogens with zero attached hydrogens (tertiary/aromatic N) is 5. The summed E-state index contributed by atoms with van der Waals surface area (Å²) >= 11 is 1.74. The number of piperazine rings is 1. The molecular weight excluding hydrogens is 346 g/mol. The first-order chi connectivity index (χ1) is 12.5. The second kappa shape index (κ2) is 6.72. The molecule has 0 saturated carbocycles. The van der Waals surface area contributed by atoms with E-state index >= 15 is 0 Å². The van der Waals surface area contributed by atoms with Crippen LogP contribution in [0.15, 0.2) is 24.4 Å². The zero-order valence-corrected chi connectivity index (χ0v) is 16.2. The van der Waals surface area contributed by atoms with E-state index in [1.807, 2.05) is 18.0 Å². The van der Waals surface area contributed by atoms with E-state index in [2.05, 4.69) is 36.0 Å². The van der Waals surface area contributed by atoms with Crippen molar-refractivity contribution in [1.29, 1.82) is 0 Å². The van der Waals surface area contributed by atoms with Crippen LogP contribution in [0.25, 0.3) is 10.2 Å². The van der Waals surface area contributed by atoms with Crippen LogP contribution in [0.2, 0.25) is 0 Å². The Kier molecular flexibility index (Phi) is 4.40. The minimum absolute atomic E-state index is 0.0209. The number of fused-ring (bicyclic) bond motifs is 1. The summed E-state index contributed by atoms with van der Waals surface area (Å²) in [5, 5.41) is 5.38. The molecule has 136 valence electrons. The molecule has 0 unspecified atom stereocenters. The van der Waals surface area contributed by atoms with Crippen molar-refractivity contribution in [3.63, 3.8) is 0 Å². The summed E-state index contributed by atoms with van der Waals surface area (Å²) in [5.74, 6) is 0.0209. The SMILES string of the molecule is CCn1ccc(C(=O)N2CCN(c3nc4c(C)cc(C)cc4s3)CC2)n1. The predicted molar refractivity (Wildman–Crippen MR) is 105 cm³/mol. The summed E-state index contributed by atoms with van der Waals surface area (Å²) < 4.78 is 3.02. The molecule has 0 spiro atoms. The van der Waals surface area contributed by atoms with Crippen molar-refractivity contribution in [2.75, 3.05) is 31.1 Å². The molecule has 0 N–H and O–H groups in total. The van der Waals surface area contributed by atoms with Crippen molar-refractivity contribution in [1.82, 2.24) is 19.7 Å². The van der Waals surface area contributed by atoms with Crippen LogP contribution in [0.4, 0.5) is 5.13 Å². The van der Waals surface area contributed by atoms with E-state index in [-0.39, 0.29) is 5.91 Å². The lowest BCUT2D eigenvalue weighted by atomic mass is 10.1. The standard InChI is InChI=1S/C19H23N5OS/c1-4-24-6-5-15(21-24)18(25)22-7-9-23(10-8-22)19-20-17-14(3)11-13(2)12-16(17)26-19/h5-6,11-12H,4,7-10H2,1-3H3. The number of hydrogen-bond donors (Lipinski definition) is 0. The van der Waals surface area contributed by atoms with Crippen molar-refractivity contribution >= 4 is 32.6 Å². The van der Waals surface area contributed by atoms with Crippen molar-refractivity contribution in [2.24, 2.45) is 0 Å². The van der Waals surface area contributed by atoms with Crippen LogP contribution in [0.3, 0.4) is 0 Å². The molecule has 1 saturated heterocycles. The first-order valence-corrected chi connectivity index (χ1v) is 9.82. The first-order valence-electron chi connectivity index (χ1n) is 9.00. The normalized spacial score (nSPS) is 15.0. The molecule has 2 aromatic heterocycles. The van der Waals surface area contributed by atoms with Gasteiger partial charge in [0, 0.05) is 38.9 Å². The molecule has 7 heteroatoms. The van der Waals surface area contributed by atoms with Crippen LogP contribution in [-0.2, 0) is 6.54 Å². The number of benzene rings is 1. The highest BCUT2D eigenvalue weighted by Crippen LogP contribution is 2.32. The third-order valence-corrected chi connectivity index (χ3v) is 5.90. The number of amides is 1. The molecule has 6 nitrogen and oxygen atoms in total. The summed E-state index contributed by atoms with van der Waals surface area (Å²) in [4.78, 5) is 21.6. The van der Waals surface area contributed by atoms with Crippen molar-refractivity contribution in [2.45, 2.75) is 27.3 Å². The Morgan fingerprint density at radius 1 is 1.19 bits per heavy atom. The molecule has 0 bridgehead atoms. The monoisotopic (exact) mass is 369 g/mol. The Hall–Kier alpha value is -2.41. The summed E-state index contributed by atoms with van der Waals surface area (Å²) in [5.41, 5.74) is 4.13. The lowest BCUT2D eigenvalue weighted by Crippen LogP contribution is -2.48. The Morgan fingerprint density at radius 3 is 2.65 bits per heavy atom. The van der Waals surface area contributed by atoms with Gasteiger partial charge in [0.05, 0.1) is 10.2 Å². The molecule has 1 aromatic carbocycles. The fourth-order valence-electron chi connectivity index (χ4n) is 3.41. The van der Waals surface area contributed by atoms with Crippen molar-refractivity contribution < 1.29 is 4.79 Å². The van der Waals surface area contributed by atoms with Crippen LogP contribution < -0.4 is 4.90 Å². The maximum absolute atomic E-state index is 12.6. The van der Waals surface area contributed by atoms with Gasteiger partial charge in [0.2, 0.25) is 0 Å². The summed E-state index contributed by atoms with van der Waals surface area (Å²) in [6, 6.07) is 6.18. The Morgan fingerprint density at radius 2 is 1.96 bits per heavy atom. The summed E-state index contributed by atoms with van der Waals surface area (Å²) in [6.45, 7) is 10.0. The number of anilines is 1. The quantitative estimate of drug-likeness (QED) is 0.712. The van der Waals surface area contributed by atoms with Crippen LogP contribution >= 0.6 is 11.3 Å². The van der Waals surface area contributed by atoms with Gasteiger partial charge in [0.15, 0.2) is 5.13 Å². The molecule has 3 heterocycles. The molecular formula is C19H23N5OS. The highest BCUT2D eigenvalue weighted by atomic mass is 32.1. The van der Waals surface area contributed by atoms with E-state index < -0.39 is 0 Å². The zero-order valence-electron chi connectivity index (χ0n) is 15.4. The van der Waals surface area contributed by atoms with Crippen molar-refractivity contribution in [3.8, 4) is 0 Å². The molecule has 4 rings (SSSR count). The van der Waals surface area contributed by atoms with Gasteiger partial charge in [-0.1, -0.05) is 17.4 Å². The van der Waals surface area contributed by atoms with E-state index in [1.54, 1.807) is 22.1 Å². The van der Waals surface area contributed by atoms with Gasteiger partial charge in [0.1, 0.15) is 5.69 Å². The van der Waals surface area contributed by atoms with Crippen LogP contribution in [0, 0.1) is 13.8 Å². The third-order valence-electron chi connectivity index (χ3n) is 4.84. The van der Waals surface area contributed by atoms with Crippen LogP contribution in [0.1, 0.15) is 28.5 Å². The second-order valence-electron chi connectivity index (χ2n) is 6.76. The number of hydrogen-bond acceptors (Lipinski definition) is 5. The van der Waals surface area contributed by atoms with E-state index in [0.29, 0.717) is 18.8 Å². The highest BCUT2D eigenvalue weighted by Gasteiger charge is 2.25. The van der Waals surface area contributed by atoms with E-state index in [1.165, 1.54) is 15.8 Å². The smallest absolute Gasteiger partial charge is 0.274 e. The first kappa shape index (κ1) is 17.0. The van der Waals surface area contributed by atoms with E-state index in [4.69, 9.17) is 4.98 Å². The molecule has 0 aliphatic carbocycles. The average Bonchev–Trinajstić information content (AvgIpc) is 3.28. The van der Waals surface area contributed by atoms with Gasteiger partial charge in [-0.05, 0) is 44.0 Å². The molecule has 0 atom stereocenters. The molecule has 1 aliphatic rings. The van der Waals surface area contributed by atoms with Crippen LogP contribution in [-0.4, -0.2) is 51.8 Å². The van der Waals surface area contributed by atoms with Gasteiger partial charge in [-0.3, -0.25) is 9.48 Å². The fraction of sp³-hybridized carbons (Fsp3) is 0.421. The lowest BCUT2D eigenvalue weighted by molar-refractivity contribution is 0.0740. The predicted octanol–water partition coefficient (Wildman–Crippen LogP) is 3.09. The molecule has 1 fully saturated rings. The maximum Gasteiger partial charge on any atom is 0.274 e. The maximum atomic E-state index is 12.6. The molecule has 3 aromatic rings. The lowest BCUT2D eigenvalue weighted by Gasteiger charge is -2.34. The summed E-state index contributed by atoms with van der Waals surface area (Å²) in [6.07, 6.45) is 1.86. The van der Waals surface area contributed by atoms with Gasteiger partial charge in [-0.15, -0.1) is 0 Å². The minimum Gasteiger partial charge on any atom is -0.345 e. The van der Waals surface area contributed by atoms with Crippen molar-refractivity contribution in [3.05, 3.63) is 41.2 Å². The molecule has 1 aliphatic heterocycles. The highest BCUT2D eigenvalue weighted by molar-refractivity contribution is 7.22. The third kappa shape index (κ3) is 3.07. The van der Waals surface area contributed by atoms with Gasteiger partial charge >= 0.3 is 0 Å². The fourth-order valence-corrected chi connectivity index (χ4v) is 4.60. The van der Waals surface area contributed by atoms with Gasteiger partial charge in [0.25, 0.3) is 5.91 Å². The number of thiazole rings is 1. The van der Waals surface area contributed by atoms with Gasteiger partial charge < -0.3 is 9.80 Å². The largest absolute Gasteiger partial charge is 0.345 e. The van der Waals surface area contributed by atoms with Crippen LogP contribution in [0.5, 0.6) is 0 Å². The Balaban J connectivity index is 1.46. The summed E-state index contributed by atoms with van der Waals surface area (Å²) in [7, 11) is 0. The topological polar surface area (TPSA) is 54.3 Å². The Labute approximate surface area is 157 Å². The molecule has 0 radical (unpaired) electrons. The van der Waals surface area contributed by atoms with E-state index in [9.17, 15) is 4.79 Å². The second-order valence-corrected chi connectivity index (χ2v) is 7.77. The number of aryl methyl sites for hydroxylation is 3. The number of carbonyl (C=O) groups is 1. The zero-order chi connectivity index (χ0) is 18.3. The Bertz CT molecular complexity index is 952.